The Kier molecular flexibility index (Phi) is 7.65. The quantitative estimate of drug-likeness (QED) is 0.481. The highest BCUT2D eigenvalue weighted by molar-refractivity contribution is 5.92. The Hall–Kier alpha value is -3.34. The van der Waals surface area contributed by atoms with Crippen LogP contribution in [0.5, 0.6) is 11.6 Å². The summed E-state index contributed by atoms with van der Waals surface area (Å²) in [5, 5.41) is 0. The molecular weight excluding hydrogens is 386 g/mol. The third-order valence-electron chi connectivity index (χ3n) is 5.24. The first kappa shape index (κ1) is 22.3. The molecule has 1 heterocycles. The molecule has 3 rings (SSSR count). The average Bonchev–Trinajstić information content (AvgIpc) is 2.76. The van der Waals surface area contributed by atoms with Crippen molar-refractivity contribution in [2.24, 2.45) is 11.7 Å². The molecule has 0 saturated carbocycles. The van der Waals surface area contributed by atoms with Crippen LogP contribution in [0.3, 0.4) is 0 Å². The number of benzene rings is 2. The van der Waals surface area contributed by atoms with Gasteiger partial charge >= 0.3 is 0 Å². The summed E-state index contributed by atoms with van der Waals surface area (Å²) in [5.41, 5.74) is 9.20. The zero-order valence-corrected chi connectivity index (χ0v) is 18.5. The van der Waals surface area contributed by atoms with E-state index in [0.717, 1.165) is 30.8 Å². The Balaban J connectivity index is 1.65. The summed E-state index contributed by atoms with van der Waals surface area (Å²) < 4.78 is 5.89. The summed E-state index contributed by atoms with van der Waals surface area (Å²) >= 11 is 0. The number of hydrogen-bond donors (Lipinski definition) is 1. The monoisotopic (exact) mass is 417 g/mol. The number of rotatable bonds is 10. The lowest BCUT2D eigenvalue weighted by molar-refractivity contribution is 0.1000. The Morgan fingerprint density at radius 2 is 1.84 bits per heavy atom. The van der Waals surface area contributed by atoms with Crippen LogP contribution in [0.1, 0.15) is 41.8 Å². The van der Waals surface area contributed by atoms with Crippen molar-refractivity contribution in [3.05, 3.63) is 83.6 Å². The van der Waals surface area contributed by atoms with Gasteiger partial charge in [0.1, 0.15) is 5.75 Å². The number of anilines is 1. The summed E-state index contributed by atoms with van der Waals surface area (Å²) in [5.74, 6) is 1.36. The fourth-order valence-corrected chi connectivity index (χ4v) is 3.37. The van der Waals surface area contributed by atoms with Crippen molar-refractivity contribution in [2.75, 3.05) is 18.0 Å². The minimum atomic E-state index is -0.502. The number of nitrogens with two attached hydrogens (primary N) is 1. The van der Waals surface area contributed by atoms with E-state index < -0.39 is 5.91 Å². The van der Waals surface area contributed by atoms with Gasteiger partial charge in [0.05, 0.1) is 5.56 Å². The Morgan fingerprint density at radius 1 is 1.06 bits per heavy atom. The number of para-hydroxylation sites is 1. The van der Waals surface area contributed by atoms with Crippen molar-refractivity contribution in [2.45, 2.75) is 33.6 Å². The first-order chi connectivity index (χ1) is 14.9. The second-order valence-corrected chi connectivity index (χ2v) is 8.21. The molecule has 5 heteroatoms. The zero-order chi connectivity index (χ0) is 22.2. The molecular formula is C26H31N3O2. The molecule has 0 bridgehead atoms. The predicted octanol–water partition coefficient (Wildman–Crippen LogP) is 5.38. The van der Waals surface area contributed by atoms with Gasteiger partial charge in [0, 0.05) is 31.0 Å². The molecule has 0 aliphatic rings. The van der Waals surface area contributed by atoms with Gasteiger partial charge in [-0.05, 0) is 61.1 Å². The molecule has 31 heavy (non-hydrogen) atoms. The highest BCUT2D eigenvalue weighted by Crippen LogP contribution is 2.25. The van der Waals surface area contributed by atoms with E-state index in [0.29, 0.717) is 17.4 Å². The van der Waals surface area contributed by atoms with E-state index in [1.807, 2.05) is 13.0 Å². The summed E-state index contributed by atoms with van der Waals surface area (Å²) in [6.07, 6.45) is 3.55. The van der Waals surface area contributed by atoms with Crippen molar-refractivity contribution in [3.8, 4) is 11.6 Å². The molecule has 5 nitrogen and oxygen atoms in total. The zero-order valence-electron chi connectivity index (χ0n) is 18.5. The first-order valence-corrected chi connectivity index (χ1v) is 10.8. The minimum absolute atomic E-state index is 0.361. The maximum absolute atomic E-state index is 11.2. The molecule has 0 unspecified atom stereocenters. The number of primary amides is 1. The standard InChI is InChI=1S/C26H31N3O2/c1-19(2)13-15-29(23-7-5-4-6-8-23)16-14-21-9-11-24(20(3)17-21)31-25-12-10-22(18-28-25)26(27)30/h4-12,17-19H,13-16H2,1-3H3,(H2,27,30). The van der Waals surface area contributed by atoms with Crippen molar-refractivity contribution >= 4 is 11.6 Å². The largest absolute Gasteiger partial charge is 0.439 e. The molecule has 3 aromatic rings. The van der Waals surface area contributed by atoms with Gasteiger partial charge in [-0.2, -0.15) is 0 Å². The molecule has 0 saturated heterocycles. The number of hydrogen-bond acceptors (Lipinski definition) is 4. The van der Waals surface area contributed by atoms with Crippen LogP contribution in [-0.4, -0.2) is 24.0 Å². The number of aromatic nitrogens is 1. The SMILES string of the molecule is Cc1cc(CCN(CCC(C)C)c2ccccc2)ccc1Oc1ccc(C(N)=O)cn1. The van der Waals surface area contributed by atoms with Crippen molar-refractivity contribution in [1.82, 2.24) is 4.98 Å². The van der Waals surface area contributed by atoms with Crippen LogP contribution in [0, 0.1) is 12.8 Å². The Labute approximate surface area is 184 Å². The molecule has 0 atom stereocenters. The first-order valence-electron chi connectivity index (χ1n) is 10.8. The van der Waals surface area contributed by atoms with Crippen molar-refractivity contribution < 1.29 is 9.53 Å². The highest BCUT2D eigenvalue weighted by Gasteiger charge is 2.10. The summed E-state index contributed by atoms with van der Waals surface area (Å²) in [7, 11) is 0. The second kappa shape index (κ2) is 10.6. The normalized spacial score (nSPS) is 10.8. The molecule has 1 amide bonds. The fraction of sp³-hybridized carbons (Fsp3) is 0.308. The third kappa shape index (κ3) is 6.57. The minimum Gasteiger partial charge on any atom is -0.439 e. The second-order valence-electron chi connectivity index (χ2n) is 8.21. The van der Waals surface area contributed by atoms with Gasteiger partial charge in [-0.3, -0.25) is 4.79 Å². The molecule has 0 fully saturated rings. The molecule has 0 aliphatic carbocycles. The summed E-state index contributed by atoms with van der Waals surface area (Å²) in [6, 6.07) is 20.1. The Bertz CT molecular complexity index is 985. The van der Waals surface area contributed by atoms with Crippen LogP contribution in [0.25, 0.3) is 0 Å². The molecule has 2 N–H and O–H groups in total. The van der Waals surface area contributed by atoms with Crippen LogP contribution in [0.2, 0.25) is 0 Å². The van der Waals surface area contributed by atoms with Crippen LogP contribution in [-0.2, 0) is 6.42 Å². The lowest BCUT2D eigenvalue weighted by Crippen LogP contribution is -2.27. The van der Waals surface area contributed by atoms with E-state index in [4.69, 9.17) is 10.5 Å². The van der Waals surface area contributed by atoms with Crippen molar-refractivity contribution in [1.29, 1.82) is 0 Å². The third-order valence-corrected chi connectivity index (χ3v) is 5.24. The number of nitrogens with zero attached hydrogens (tertiary/aromatic N) is 2. The van der Waals surface area contributed by atoms with E-state index in [2.05, 4.69) is 66.2 Å². The van der Waals surface area contributed by atoms with E-state index in [9.17, 15) is 4.79 Å². The molecule has 2 aromatic carbocycles. The van der Waals surface area contributed by atoms with Crippen LogP contribution in [0.15, 0.2) is 66.9 Å². The number of carbonyl (C=O) groups is 1. The number of amides is 1. The number of carbonyl (C=O) groups excluding carboxylic acids is 1. The van der Waals surface area contributed by atoms with Crippen LogP contribution in [0.4, 0.5) is 5.69 Å². The van der Waals surface area contributed by atoms with Crippen molar-refractivity contribution in [3.63, 3.8) is 0 Å². The number of ether oxygens (including phenoxy) is 1. The summed E-state index contributed by atoms with van der Waals surface area (Å²) in [4.78, 5) is 17.8. The van der Waals surface area contributed by atoms with E-state index in [1.54, 1.807) is 12.1 Å². The van der Waals surface area contributed by atoms with Gasteiger partial charge in [-0.15, -0.1) is 0 Å². The smallest absolute Gasteiger partial charge is 0.250 e. The average molecular weight is 418 g/mol. The molecule has 0 spiro atoms. The lowest BCUT2D eigenvalue weighted by atomic mass is 10.1. The molecule has 1 aromatic heterocycles. The molecule has 162 valence electrons. The van der Waals surface area contributed by atoms with Gasteiger partial charge in [0.2, 0.25) is 11.8 Å². The van der Waals surface area contributed by atoms with Gasteiger partial charge in [-0.1, -0.05) is 44.2 Å². The van der Waals surface area contributed by atoms with Gasteiger partial charge in [0.25, 0.3) is 0 Å². The highest BCUT2D eigenvalue weighted by atomic mass is 16.5. The van der Waals surface area contributed by atoms with Gasteiger partial charge in [-0.25, -0.2) is 4.98 Å². The fourth-order valence-electron chi connectivity index (χ4n) is 3.37. The van der Waals surface area contributed by atoms with Crippen LogP contribution >= 0.6 is 0 Å². The molecule has 0 aliphatic heterocycles. The van der Waals surface area contributed by atoms with Gasteiger partial charge in [0.15, 0.2) is 0 Å². The van der Waals surface area contributed by atoms with Crippen LogP contribution < -0.4 is 15.4 Å². The van der Waals surface area contributed by atoms with E-state index in [1.165, 1.54) is 23.9 Å². The lowest BCUT2D eigenvalue weighted by Gasteiger charge is -2.26. The van der Waals surface area contributed by atoms with E-state index >= 15 is 0 Å². The Morgan fingerprint density at radius 3 is 2.45 bits per heavy atom. The van der Waals surface area contributed by atoms with Gasteiger partial charge < -0.3 is 15.4 Å². The summed E-state index contributed by atoms with van der Waals surface area (Å²) in [6.45, 7) is 8.58. The topological polar surface area (TPSA) is 68.5 Å². The predicted molar refractivity (Wildman–Crippen MR) is 126 cm³/mol. The number of pyridine rings is 1. The number of aryl methyl sites for hydroxylation is 1. The maximum atomic E-state index is 11.2. The maximum Gasteiger partial charge on any atom is 0.250 e. The molecule has 0 radical (unpaired) electrons. The van der Waals surface area contributed by atoms with E-state index in [-0.39, 0.29) is 0 Å².